The summed E-state index contributed by atoms with van der Waals surface area (Å²) in [5.74, 6) is 0. The van der Waals surface area contributed by atoms with Crippen LogP contribution in [0.4, 0.5) is 0 Å². The lowest BCUT2D eigenvalue weighted by atomic mass is 10.1. The Bertz CT molecular complexity index is 250. The SMILES string of the molecule is OC[C@@H](O)Cc1ccccc1Cl. The molecule has 1 atom stereocenters. The normalized spacial score (nSPS) is 12.9. The van der Waals surface area contributed by atoms with Gasteiger partial charge in [-0.25, -0.2) is 0 Å². The first-order valence-electron chi connectivity index (χ1n) is 3.76. The first kappa shape index (κ1) is 9.52. The first-order chi connectivity index (χ1) is 5.74. The number of hydrogen-bond donors (Lipinski definition) is 2. The maximum absolute atomic E-state index is 9.13. The van der Waals surface area contributed by atoms with Gasteiger partial charge in [0.15, 0.2) is 0 Å². The van der Waals surface area contributed by atoms with E-state index in [0.29, 0.717) is 11.4 Å². The van der Waals surface area contributed by atoms with Crippen LogP contribution in [0.25, 0.3) is 0 Å². The minimum absolute atomic E-state index is 0.231. The third-order valence-corrected chi connectivity index (χ3v) is 1.99. The Morgan fingerprint density at radius 1 is 1.33 bits per heavy atom. The monoisotopic (exact) mass is 186 g/mol. The number of aliphatic hydroxyl groups is 2. The van der Waals surface area contributed by atoms with Crippen molar-refractivity contribution in [1.29, 1.82) is 0 Å². The molecule has 0 heterocycles. The van der Waals surface area contributed by atoms with Crippen molar-refractivity contribution >= 4 is 11.6 Å². The van der Waals surface area contributed by atoms with Gasteiger partial charge in [0.25, 0.3) is 0 Å². The van der Waals surface area contributed by atoms with Crippen molar-refractivity contribution in [3.8, 4) is 0 Å². The third-order valence-electron chi connectivity index (χ3n) is 1.62. The van der Waals surface area contributed by atoms with Gasteiger partial charge in [0.1, 0.15) is 0 Å². The molecule has 2 N–H and O–H groups in total. The minimum atomic E-state index is -0.718. The molecular formula is C9H11ClO2. The number of halogens is 1. The Labute approximate surface area is 76.4 Å². The molecule has 1 aromatic carbocycles. The van der Waals surface area contributed by atoms with E-state index in [2.05, 4.69) is 0 Å². The van der Waals surface area contributed by atoms with E-state index in [0.717, 1.165) is 5.56 Å². The van der Waals surface area contributed by atoms with Crippen molar-refractivity contribution in [2.75, 3.05) is 6.61 Å². The molecule has 0 aliphatic rings. The predicted octanol–water partition coefficient (Wildman–Crippen LogP) is 1.24. The smallest absolute Gasteiger partial charge is 0.0811 e. The molecule has 1 aromatic rings. The van der Waals surface area contributed by atoms with Gasteiger partial charge < -0.3 is 10.2 Å². The van der Waals surface area contributed by atoms with Crippen molar-refractivity contribution in [2.45, 2.75) is 12.5 Å². The zero-order valence-corrected chi connectivity index (χ0v) is 7.33. The predicted molar refractivity (Wildman–Crippen MR) is 48.2 cm³/mol. The lowest BCUT2D eigenvalue weighted by Gasteiger charge is -2.07. The quantitative estimate of drug-likeness (QED) is 0.746. The van der Waals surface area contributed by atoms with Crippen LogP contribution in [-0.2, 0) is 6.42 Å². The molecule has 0 saturated carbocycles. The molecule has 0 bridgehead atoms. The summed E-state index contributed by atoms with van der Waals surface area (Å²) in [6.45, 7) is -0.231. The van der Waals surface area contributed by atoms with Crippen molar-refractivity contribution in [1.82, 2.24) is 0 Å². The Hall–Kier alpha value is -0.570. The van der Waals surface area contributed by atoms with Crippen LogP contribution < -0.4 is 0 Å². The van der Waals surface area contributed by atoms with Crippen LogP contribution in [0.15, 0.2) is 24.3 Å². The second-order valence-corrected chi connectivity index (χ2v) is 3.04. The topological polar surface area (TPSA) is 40.5 Å². The van der Waals surface area contributed by atoms with E-state index in [1.807, 2.05) is 18.2 Å². The second kappa shape index (κ2) is 4.45. The minimum Gasteiger partial charge on any atom is -0.394 e. The summed E-state index contributed by atoms with van der Waals surface area (Å²) in [7, 11) is 0. The van der Waals surface area contributed by atoms with Gasteiger partial charge in [-0.1, -0.05) is 29.8 Å². The fraction of sp³-hybridized carbons (Fsp3) is 0.333. The Morgan fingerprint density at radius 3 is 2.58 bits per heavy atom. The van der Waals surface area contributed by atoms with Crippen molar-refractivity contribution in [3.05, 3.63) is 34.9 Å². The van der Waals surface area contributed by atoms with Crippen molar-refractivity contribution < 1.29 is 10.2 Å². The molecule has 0 saturated heterocycles. The van der Waals surface area contributed by atoms with Crippen molar-refractivity contribution in [2.24, 2.45) is 0 Å². The van der Waals surface area contributed by atoms with Gasteiger partial charge in [-0.05, 0) is 11.6 Å². The fourth-order valence-corrected chi connectivity index (χ4v) is 1.20. The molecule has 0 spiro atoms. The molecule has 0 unspecified atom stereocenters. The van der Waals surface area contributed by atoms with Gasteiger partial charge in [0.05, 0.1) is 12.7 Å². The lowest BCUT2D eigenvalue weighted by molar-refractivity contribution is 0.0955. The standard InChI is InChI=1S/C9H11ClO2/c10-9-4-2-1-3-7(9)5-8(12)6-11/h1-4,8,11-12H,5-6H2/t8-/m0/s1. The highest BCUT2D eigenvalue weighted by Gasteiger charge is 2.05. The summed E-state index contributed by atoms with van der Waals surface area (Å²) in [4.78, 5) is 0. The van der Waals surface area contributed by atoms with Gasteiger partial charge in [-0.2, -0.15) is 0 Å². The number of rotatable bonds is 3. The Balaban J connectivity index is 2.69. The van der Waals surface area contributed by atoms with Crippen LogP contribution in [0.5, 0.6) is 0 Å². The summed E-state index contributed by atoms with van der Waals surface area (Å²) in [6, 6.07) is 7.28. The van der Waals surface area contributed by atoms with Gasteiger partial charge in [-0.3, -0.25) is 0 Å². The highest BCUT2D eigenvalue weighted by molar-refractivity contribution is 6.31. The summed E-state index contributed by atoms with van der Waals surface area (Å²) in [6.07, 6.45) is -0.319. The molecule has 1 rings (SSSR count). The van der Waals surface area contributed by atoms with Gasteiger partial charge in [0, 0.05) is 11.4 Å². The molecular weight excluding hydrogens is 176 g/mol. The number of benzene rings is 1. The molecule has 3 heteroatoms. The molecule has 2 nitrogen and oxygen atoms in total. The molecule has 12 heavy (non-hydrogen) atoms. The molecule has 66 valence electrons. The molecule has 0 fully saturated rings. The zero-order chi connectivity index (χ0) is 8.97. The van der Waals surface area contributed by atoms with Crippen LogP contribution in [0.1, 0.15) is 5.56 Å². The van der Waals surface area contributed by atoms with Crippen LogP contribution in [-0.4, -0.2) is 22.9 Å². The molecule has 0 radical (unpaired) electrons. The van der Waals surface area contributed by atoms with Gasteiger partial charge in [-0.15, -0.1) is 0 Å². The summed E-state index contributed by atoms with van der Waals surface area (Å²) in [5.41, 5.74) is 0.862. The van der Waals surface area contributed by atoms with E-state index in [9.17, 15) is 0 Å². The molecule has 0 aromatic heterocycles. The van der Waals surface area contributed by atoms with Crippen molar-refractivity contribution in [3.63, 3.8) is 0 Å². The molecule has 0 amide bonds. The van der Waals surface area contributed by atoms with E-state index >= 15 is 0 Å². The van der Waals surface area contributed by atoms with E-state index in [-0.39, 0.29) is 6.61 Å². The van der Waals surface area contributed by atoms with Gasteiger partial charge >= 0.3 is 0 Å². The van der Waals surface area contributed by atoms with E-state index in [4.69, 9.17) is 21.8 Å². The van der Waals surface area contributed by atoms with E-state index < -0.39 is 6.10 Å². The average Bonchev–Trinajstić information content (AvgIpc) is 2.09. The second-order valence-electron chi connectivity index (χ2n) is 2.63. The summed E-state index contributed by atoms with van der Waals surface area (Å²) < 4.78 is 0. The maximum atomic E-state index is 9.13. The third kappa shape index (κ3) is 2.48. The summed E-state index contributed by atoms with van der Waals surface area (Å²) in [5, 5.41) is 18.4. The number of hydrogen-bond acceptors (Lipinski definition) is 2. The molecule has 0 aliphatic carbocycles. The lowest BCUT2D eigenvalue weighted by Crippen LogP contribution is -2.15. The van der Waals surface area contributed by atoms with Crippen LogP contribution in [0, 0.1) is 0 Å². The largest absolute Gasteiger partial charge is 0.394 e. The van der Waals surface area contributed by atoms with E-state index in [1.54, 1.807) is 6.07 Å². The maximum Gasteiger partial charge on any atom is 0.0811 e. The average molecular weight is 187 g/mol. The fourth-order valence-electron chi connectivity index (χ4n) is 0.982. The Morgan fingerprint density at radius 2 is 2.00 bits per heavy atom. The highest BCUT2D eigenvalue weighted by Crippen LogP contribution is 2.16. The first-order valence-corrected chi connectivity index (χ1v) is 4.14. The van der Waals surface area contributed by atoms with Crippen LogP contribution in [0.3, 0.4) is 0 Å². The van der Waals surface area contributed by atoms with Gasteiger partial charge in [0.2, 0.25) is 0 Å². The number of aliphatic hydroxyl groups excluding tert-OH is 2. The van der Waals surface area contributed by atoms with E-state index in [1.165, 1.54) is 0 Å². The highest BCUT2D eigenvalue weighted by atomic mass is 35.5. The Kier molecular flexibility index (Phi) is 3.53. The van der Waals surface area contributed by atoms with Crippen LogP contribution in [0.2, 0.25) is 5.02 Å². The zero-order valence-electron chi connectivity index (χ0n) is 6.57. The van der Waals surface area contributed by atoms with Crippen LogP contribution >= 0.6 is 11.6 Å². The molecule has 0 aliphatic heterocycles. The summed E-state index contributed by atoms with van der Waals surface area (Å²) >= 11 is 5.83.